The summed E-state index contributed by atoms with van der Waals surface area (Å²) in [7, 11) is -1.44. The topological polar surface area (TPSA) is 63.4 Å². The van der Waals surface area contributed by atoms with Gasteiger partial charge in [0, 0.05) is 20.1 Å². The van der Waals surface area contributed by atoms with E-state index in [-0.39, 0.29) is 12.3 Å². The molecule has 0 spiro atoms. The second-order valence-corrected chi connectivity index (χ2v) is 6.58. The Morgan fingerprint density at radius 3 is 2.40 bits per heavy atom. The molecule has 0 aromatic rings. The van der Waals surface area contributed by atoms with Gasteiger partial charge in [-0.25, -0.2) is 12.7 Å². The first-order valence-corrected chi connectivity index (χ1v) is 7.31. The summed E-state index contributed by atoms with van der Waals surface area (Å²) in [5.74, 6) is 0.618. The highest BCUT2D eigenvalue weighted by Crippen LogP contribution is 2.24. The van der Waals surface area contributed by atoms with Gasteiger partial charge < -0.3 is 5.73 Å². The summed E-state index contributed by atoms with van der Waals surface area (Å²) in [6.07, 6.45) is 6.13. The summed E-state index contributed by atoms with van der Waals surface area (Å²) < 4.78 is 24.8. The standard InChI is InChI=1S/C10H22N2O2S/c1-12(15(13,14)8-7-11)9-10-5-3-2-4-6-10/h10H,2-9,11H2,1H3. The molecule has 0 aromatic heterocycles. The molecule has 1 fully saturated rings. The zero-order valence-electron chi connectivity index (χ0n) is 9.48. The molecule has 0 bridgehead atoms. The molecule has 0 unspecified atom stereocenters. The number of nitrogens with two attached hydrogens (primary N) is 1. The number of rotatable bonds is 5. The maximum absolute atomic E-state index is 11.7. The highest BCUT2D eigenvalue weighted by Gasteiger charge is 2.22. The average Bonchev–Trinajstić information content (AvgIpc) is 2.19. The number of nitrogens with zero attached hydrogens (tertiary/aromatic N) is 1. The monoisotopic (exact) mass is 234 g/mol. The quantitative estimate of drug-likeness (QED) is 0.765. The largest absolute Gasteiger partial charge is 0.329 e. The van der Waals surface area contributed by atoms with E-state index in [2.05, 4.69) is 0 Å². The summed E-state index contributed by atoms with van der Waals surface area (Å²) in [5, 5.41) is 0. The number of hydrogen-bond acceptors (Lipinski definition) is 3. The molecular formula is C10H22N2O2S. The lowest BCUT2D eigenvalue weighted by molar-refractivity contribution is 0.300. The summed E-state index contributed by atoms with van der Waals surface area (Å²) in [4.78, 5) is 0. The van der Waals surface area contributed by atoms with Crippen molar-refractivity contribution in [2.24, 2.45) is 11.7 Å². The fraction of sp³-hybridized carbons (Fsp3) is 1.00. The normalized spacial score (nSPS) is 19.7. The molecule has 1 aliphatic carbocycles. The fourth-order valence-corrected chi connectivity index (χ4v) is 3.20. The first kappa shape index (κ1) is 12.9. The fourth-order valence-electron chi connectivity index (χ4n) is 2.15. The van der Waals surface area contributed by atoms with Gasteiger partial charge in [0.25, 0.3) is 0 Å². The second-order valence-electron chi connectivity index (χ2n) is 4.39. The number of sulfonamides is 1. The molecule has 90 valence electrons. The van der Waals surface area contributed by atoms with Crippen molar-refractivity contribution in [3.8, 4) is 0 Å². The van der Waals surface area contributed by atoms with Crippen molar-refractivity contribution in [3.05, 3.63) is 0 Å². The van der Waals surface area contributed by atoms with E-state index in [1.165, 1.54) is 36.4 Å². The molecule has 0 aliphatic heterocycles. The molecule has 1 aliphatic rings. The Morgan fingerprint density at radius 2 is 1.87 bits per heavy atom. The number of hydrogen-bond donors (Lipinski definition) is 1. The Hall–Kier alpha value is -0.130. The van der Waals surface area contributed by atoms with Crippen molar-refractivity contribution in [1.29, 1.82) is 0 Å². The van der Waals surface area contributed by atoms with E-state index in [4.69, 9.17) is 5.73 Å². The predicted molar refractivity (Wildman–Crippen MR) is 62.0 cm³/mol. The van der Waals surface area contributed by atoms with Crippen LogP contribution in [0.5, 0.6) is 0 Å². The van der Waals surface area contributed by atoms with Crippen LogP contribution in [0.4, 0.5) is 0 Å². The first-order valence-electron chi connectivity index (χ1n) is 5.70. The van der Waals surface area contributed by atoms with Crippen LogP contribution in [0.1, 0.15) is 32.1 Å². The Labute approximate surface area is 92.9 Å². The summed E-state index contributed by atoms with van der Waals surface area (Å²) in [6.45, 7) is 0.875. The van der Waals surface area contributed by atoms with Crippen molar-refractivity contribution in [1.82, 2.24) is 4.31 Å². The van der Waals surface area contributed by atoms with Crippen molar-refractivity contribution >= 4 is 10.0 Å². The molecule has 4 nitrogen and oxygen atoms in total. The minimum absolute atomic E-state index is 0.0657. The molecular weight excluding hydrogens is 212 g/mol. The third kappa shape index (κ3) is 4.09. The molecule has 0 atom stereocenters. The SMILES string of the molecule is CN(CC1CCCCC1)S(=O)(=O)CCN. The lowest BCUT2D eigenvalue weighted by Crippen LogP contribution is -2.36. The molecule has 5 heteroatoms. The predicted octanol–water partition coefficient (Wildman–Crippen LogP) is 0.787. The van der Waals surface area contributed by atoms with Crippen LogP contribution in [-0.4, -0.2) is 38.6 Å². The molecule has 0 aromatic carbocycles. The van der Waals surface area contributed by atoms with Crippen LogP contribution in [0.25, 0.3) is 0 Å². The molecule has 0 heterocycles. The Balaban J connectivity index is 2.43. The van der Waals surface area contributed by atoms with E-state index < -0.39 is 10.0 Å². The van der Waals surface area contributed by atoms with Gasteiger partial charge in [-0.3, -0.25) is 0 Å². The van der Waals surface area contributed by atoms with Crippen LogP contribution in [0, 0.1) is 5.92 Å². The minimum atomic E-state index is -3.10. The summed E-state index contributed by atoms with van der Waals surface area (Å²) >= 11 is 0. The Kier molecular flexibility index (Phi) is 5.02. The van der Waals surface area contributed by atoms with Gasteiger partial charge >= 0.3 is 0 Å². The lowest BCUT2D eigenvalue weighted by atomic mass is 9.89. The van der Waals surface area contributed by atoms with Gasteiger partial charge in [-0.05, 0) is 18.8 Å². The van der Waals surface area contributed by atoms with Crippen LogP contribution in [0.3, 0.4) is 0 Å². The van der Waals surface area contributed by atoms with Gasteiger partial charge in [-0.15, -0.1) is 0 Å². The van der Waals surface area contributed by atoms with Gasteiger partial charge in [-0.1, -0.05) is 19.3 Å². The van der Waals surface area contributed by atoms with Gasteiger partial charge in [0.05, 0.1) is 5.75 Å². The van der Waals surface area contributed by atoms with Crippen molar-refractivity contribution in [3.63, 3.8) is 0 Å². The lowest BCUT2D eigenvalue weighted by Gasteiger charge is -2.26. The molecule has 15 heavy (non-hydrogen) atoms. The van der Waals surface area contributed by atoms with Crippen LogP contribution >= 0.6 is 0 Å². The van der Waals surface area contributed by atoms with Crippen molar-refractivity contribution in [2.75, 3.05) is 25.9 Å². The zero-order valence-corrected chi connectivity index (χ0v) is 10.3. The van der Waals surface area contributed by atoms with E-state index in [0.29, 0.717) is 12.5 Å². The Morgan fingerprint density at radius 1 is 1.27 bits per heavy atom. The van der Waals surface area contributed by atoms with Crippen molar-refractivity contribution in [2.45, 2.75) is 32.1 Å². The van der Waals surface area contributed by atoms with Gasteiger partial charge in [0.15, 0.2) is 0 Å². The van der Waals surface area contributed by atoms with Crippen LogP contribution < -0.4 is 5.73 Å². The molecule has 0 radical (unpaired) electrons. The van der Waals surface area contributed by atoms with Gasteiger partial charge in [0.1, 0.15) is 0 Å². The highest BCUT2D eigenvalue weighted by molar-refractivity contribution is 7.89. The van der Waals surface area contributed by atoms with Crippen LogP contribution in [-0.2, 0) is 10.0 Å². The van der Waals surface area contributed by atoms with E-state index in [9.17, 15) is 8.42 Å². The second kappa shape index (κ2) is 5.82. The van der Waals surface area contributed by atoms with E-state index in [1.807, 2.05) is 0 Å². The maximum Gasteiger partial charge on any atom is 0.215 e. The summed E-state index contributed by atoms with van der Waals surface area (Å²) in [5.41, 5.74) is 5.28. The average molecular weight is 234 g/mol. The maximum atomic E-state index is 11.7. The van der Waals surface area contributed by atoms with E-state index in [0.717, 1.165) is 0 Å². The van der Waals surface area contributed by atoms with E-state index in [1.54, 1.807) is 7.05 Å². The molecule has 2 N–H and O–H groups in total. The van der Waals surface area contributed by atoms with Gasteiger partial charge in [0.2, 0.25) is 10.0 Å². The summed E-state index contributed by atoms with van der Waals surface area (Å²) in [6, 6.07) is 0. The van der Waals surface area contributed by atoms with Gasteiger partial charge in [-0.2, -0.15) is 0 Å². The minimum Gasteiger partial charge on any atom is -0.329 e. The molecule has 1 saturated carbocycles. The highest BCUT2D eigenvalue weighted by atomic mass is 32.2. The molecule has 0 amide bonds. The first-order chi connectivity index (χ1) is 7.06. The third-order valence-corrected chi connectivity index (χ3v) is 4.94. The molecule has 1 rings (SSSR count). The van der Waals surface area contributed by atoms with Crippen LogP contribution in [0.15, 0.2) is 0 Å². The van der Waals surface area contributed by atoms with Crippen LogP contribution in [0.2, 0.25) is 0 Å². The Bertz CT molecular complexity index is 271. The molecule has 0 saturated heterocycles. The smallest absolute Gasteiger partial charge is 0.215 e. The third-order valence-electron chi connectivity index (χ3n) is 3.09. The van der Waals surface area contributed by atoms with E-state index >= 15 is 0 Å². The zero-order chi connectivity index (χ0) is 11.3. The van der Waals surface area contributed by atoms with Crippen molar-refractivity contribution < 1.29 is 8.42 Å².